The Balaban J connectivity index is 0.000000289. The zero-order valence-corrected chi connectivity index (χ0v) is 36.8. The quantitative estimate of drug-likeness (QED) is 0.0845. The smallest absolute Gasteiger partial charge is 0.164 e. The van der Waals surface area contributed by atoms with Crippen LogP contribution in [0.5, 0.6) is 0 Å². The second kappa shape index (κ2) is 16.6. The van der Waals surface area contributed by atoms with Crippen molar-refractivity contribution in [1.82, 2.24) is 9.97 Å². The molecule has 6 rings (SSSR count). The number of aliphatic hydroxyl groups excluding tert-OH is 1. The minimum absolute atomic E-state index is 0. The first-order valence-corrected chi connectivity index (χ1v) is 20.2. The summed E-state index contributed by atoms with van der Waals surface area (Å²) >= 11 is 3.71. The van der Waals surface area contributed by atoms with Crippen LogP contribution in [0.2, 0.25) is 0 Å². The summed E-state index contributed by atoms with van der Waals surface area (Å²) < 4.78 is 3.76. The van der Waals surface area contributed by atoms with Crippen LogP contribution in [0.1, 0.15) is 112 Å². The van der Waals surface area contributed by atoms with Crippen molar-refractivity contribution in [3.63, 3.8) is 0 Å². The van der Waals surface area contributed by atoms with Crippen LogP contribution in [0.4, 0.5) is 0 Å². The van der Waals surface area contributed by atoms with E-state index in [1.165, 1.54) is 42.1 Å². The van der Waals surface area contributed by atoms with Crippen LogP contribution in [0.3, 0.4) is 0 Å². The van der Waals surface area contributed by atoms with Gasteiger partial charge in [-0.25, -0.2) is 4.98 Å². The van der Waals surface area contributed by atoms with E-state index in [2.05, 4.69) is 89.2 Å². The largest absolute Gasteiger partial charge is 0.512 e. The fourth-order valence-electron chi connectivity index (χ4n) is 6.59. The fraction of sp³-hybridized carbons (Fsp3) is 0.444. The number of thiophene rings is 2. The Bertz CT molecular complexity index is 2210. The Kier molecular flexibility index (Phi) is 13.3. The summed E-state index contributed by atoms with van der Waals surface area (Å²) in [6.45, 7) is 23.5. The van der Waals surface area contributed by atoms with Crippen LogP contribution < -0.4 is 0 Å². The van der Waals surface area contributed by atoms with Crippen molar-refractivity contribution in [3.05, 3.63) is 83.2 Å². The number of aliphatic hydroxyl groups is 1. The number of allylic oxidation sites excluding steroid dienone is 2. The first-order chi connectivity index (χ1) is 24.1. The van der Waals surface area contributed by atoms with Crippen molar-refractivity contribution in [2.75, 3.05) is 0 Å². The fourth-order valence-corrected chi connectivity index (χ4v) is 9.05. The van der Waals surface area contributed by atoms with Crippen LogP contribution in [0, 0.1) is 22.8 Å². The summed E-state index contributed by atoms with van der Waals surface area (Å²) in [6.07, 6.45) is 7.60. The molecule has 279 valence electrons. The van der Waals surface area contributed by atoms with Gasteiger partial charge in [-0.05, 0) is 61.6 Å². The minimum Gasteiger partial charge on any atom is -0.512 e. The number of rotatable bonds is 10. The zero-order valence-electron chi connectivity index (χ0n) is 32.8. The molecule has 0 aliphatic rings. The van der Waals surface area contributed by atoms with Gasteiger partial charge in [-0.3, -0.25) is 9.78 Å². The maximum absolute atomic E-state index is 12.2. The predicted octanol–water partition coefficient (Wildman–Crippen LogP) is 13.8. The number of nitrogens with zero attached hydrogens (tertiary/aromatic N) is 2. The molecular formula is C45H55IrN2O2S2-. The number of hydrogen-bond donors (Lipinski definition) is 1. The molecule has 0 amide bonds. The molecule has 0 aliphatic heterocycles. The van der Waals surface area contributed by atoms with E-state index in [9.17, 15) is 9.90 Å². The Labute approximate surface area is 332 Å². The molecule has 0 unspecified atom stereocenters. The summed E-state index contributed by atoms with van der Waals surface area (Å²) in [6, 6.07) is 21.4. The van der Waals surface area contributed by atoms with E-state index in [-0.39, 0.29) is 47.9 Å². The van der Waals surface area contributed by atoms with Gasteiger partial charge in [0.05, 0.1) is 5.52 Å². The third-order valence-corrected chi connectivity index (χ3v) is 13.3. The van der Waals surface area contributed by atoms with Crippen LogP contribution in [0.25, 0.3) is 52.4 Å². The van der Waals surface area contributed by atoms with E-state index in [4.69, 9.17) is 9.97 Å². The summed E-state index contributed by atoms with van der Waals surface area (Å²) in [5.41, 5.74) is 3.82. The monoisotopic (exact) mass is 912 g/mol. The first kappa shape index (κ1) is 41.8. The summed E-state index contributed by atoms with van der Waals surface area (Å²) in [4.78, 5) is 23.2. The van der Waals surface area contributed by atoms with Gasteiger partial charge in [0.2, 0.25) is 0 Å². The zero-order chi connectivity index (χ0) is 37.3. The van der Waals surface area contributed by atoms with Gasteiger partial charge in [-0.15, -0.1) is 51.8 Å². The maximum Gasteiger partial charge on any atom is 0.164 e. The molecule has 0 bridgehead atoms. The third kappa shape index (κ3) is 8.39. The van der Waals surface area contributed by atoms with Gasteiger partial charge in [0, 0.05) is 72.5 Å². The van der Waals surface area contributed by atoms with Crippen molar-refractivity contribution in [3.8, 4) is 11.3 Å². The van der Waals surface area contributed by atoms with E-state index < -0.39 is 0 Å². The number of carbonyl (C=O) groups is 1. The van der Waals surface area contributed by atoms with E-state index in [1.807, 2.05) is 52.9 Å². The van der Waals surface area contributed by atoms with Gasteiger partial charge in [0.25, 0.3) is 0 Å². The van der Waals surface area contributed by atoms with Crippen molar-refractivity contribution in [2.45, 2.75) is 114 Å². The molecule has 0 fully saturated rings. The number of aromatic nitrogens is 2. The van der Waals surface area contributed by atoms with Gasteiger partial charge in [0.15, 0.2) is 5.78 Å². The molecule has 0 saturated heterocycles. The van der Waals surface area contributed by atoms with E-state index >= 15 is 0 Å². The van der Waals surface area contributed by atoms with Crippen LogP contribution >= 0.6 is 22.7 Å². The normalized spacial score (nSPS) is 12.8. The molecule has 0 atom stereocenters. The summed E-state index contributed by atoms with van der Waals surface area (Å²) in [5, 5.41) is 15.1. The molecule has 3 heterocycles. The minimum atomic E-state index is -0.337. The number of fused-ring (bicyclic) bond motifs is 6. The van der Waals surface area contributed by atoms with Gasteiger partial charge >= 0.3 is 0 Å². The molecule has 0 spiro atoms. The molecule has 1 radical (unpaired) electrons. The average molecular weight is 912 g/mol. The number of hydrogen-bond acceptors (Lipinski definition) is 6. The van der Waals surface area contributed by atoms with Crippen molar-refractivity contribution < 1.29 is 30.0 Å². The molecule has 4 nitrogen and oxygen atoms in total. The van der Waals surface area contributed by atoms with Crippen molar-refractivity contribution in [1.29, 1.82) is 0 Å². The molecule has 1 N–H and O–H groups in total. The summed E-state index contributed by atoms with van der Waals surface area (Å²) in [5.74, 6) is 0.936. The SMILES string of the molecule is CC(C)Cc1cc2c(ccc3sc4c(-c5[c-]c6ccccc6c(C(C)(C)C)c5)ncnc4c32)s1.CCC(C)(CC)C(=O)/C=C(\O)C(C)(CC)CC.[Ir]. The predicted molar refractivity (Wildman–Crippen MR) is 222 cm³/mol. The van der Waals surface area contributed by atoms with E-state index in [0.717, 1.165) is 59.0 Å². The number of carbonyl (C=O) groups excluding carboxylic acids is 1. The van der Waals surface area contributed by atoms with Crippen molar-refractivity contribution in [2.24, 2.45) is 16.7 Å². The third-order valence-electron chi connectivity index (χ3n) is 11.0. The average Bonchev–Trinajstić information content (AvgIpc) is 3.70. The second-order valence-corrected chi connectivity index (χ2v) is 18.2. The van der Waals surface area contributed by atoms with E-state index in [0.29, 0.717) is 5.92 Å². The topological polar surface area (TPSA) is 63.1 Å². The molecule has 52 heavy (non-hydrogen) atoms. The molecular weight excluding hydrogens is 857 g/mol. The molecule has 3 aromatic heterocycles. The van der Waals surface area contributed by atoms with Crippen molar-refractivity contribution >= 4 is 69.6 Å². The number of benzene rings is 3. The molecule has 7 heteroatoms. The van der Waals surface area contributed by atoms with Crippen LogP contribution in [0.15, 0.2) is 66.7 Å². The molecule has 0 saturated carbocycles. The Morgan fingerprint density at radius 2 is 1.48 bits per heavy atom. The summed E-state index contributed by atoms with van der Waals surface area (Å²) in [7, 11) is 0. The Morgan fingerprint density at radius 1 is 0.846 bits per heavy atom. The second-order valence-electron chi connectivity index (χ2n) is 16.0. The van der Waals surface area contributed by atoms with Crippen LogP contribution in [-0.2, 0) is 36.7 Å². The Hall–Kier alpha value is -2.96. The molecule has 6 aromatic rings. The van der Waals surface area contributed by atoms with Gasteiger partial charge < -0.3 is 5.11 Å². The molecule has 0 aliphatic carbocycles. The first-order valence-electron chi connectivity index (χ1n) is 18.6. The Morgan fingerprint density at radius 3 is 2.10 bits per heavy atom. The van der Waals surface area contributed by atoms with Gasteiger partial charge in [-0.2, -0.15) is 0 Å². The van der Waals surface area contributed by atoms with Gasteiger partial charge in [0.1, 0.15) is 12.1 Å². The molecule has 3 aromatic carbocycles. The number of ketones is 1. The van der Waals surface area contributed by atoms with E-state index in [1.54, 1.807) is 17.7 Å². The standard InChI is InChI=1S/C30H27N2S2.C15H28O2.Ir/c1-17(2)12-20-15-22-24(33-20)10-11-25-26(22)28-29(34-25)27(31-16-32-28)19-13-18-8-6-7-9-21(18)23(14-19)30(3,4)5;1-7-14(5,8-2)12(16)11-13(17)15(6,9-3)10-4;/h6-11,14-17H,12H2,1-5H3;11,16H,7-10H2,1-6H3;/q-1;;/b;12-11-;. The van der Waals surface area contributed by atoms with Gasteiger partial charge in [-0.1, -0.05) is 105 Å². The van der Waals surface area contributed by atoms with Crippen LogP contribution in [-0.4, -0.2) is 20.9 Å². The maximum atomic E-state index is 12.2.